The third kappa shape index (κ3) is 4.05. The van der Waals surface area contributed by atoms with Crippen molar-refractivity contribution in [3.63, 3.8) is 0 Å². The second-order valence-corrected chi connectivity index (χ2v) is 5.51. The van der Waals surface area contributed by atoms with E-state index in [0.717, 1.165) is 0 Å². The van der Waals surface area contributed by atoms with Gasteiger partial charge in [-0.2, -0.15) is 16.6 Å². The Morgan fingerprint density at radius 3 is 3.05 bits per heavy atom. The molecular formula is C12H17N5O3S. The van der Waals surface area contributed by atoms with E-state index < -0.39 is 0 Å². The van der Waals surface area contributed by atoms with E-state index in [-0.39, 0.29) is 30.4 Å². The van der Waals surface area contributed by atoms with Crippen LogP contribution in [-0.2, 0) is 11.3 Å². The molecule has 114 valence electrons. The number of nitrogens with one attached hydrogen (secondary N) is 1. The largest absolute Gasteiger partial charge is 0.461 e. The van der Waals surface area contributed by atoms with Gasteiger partial charge in [0.25, 0.3) is 0 Å². The normalized spacial score (nSPS) is 13.9. The maximum absolute atomic E-state index is 11.9. The van der Waals surface area contributed by atoms with E-state index in [4.69, 9.17) is 4.42 Å². The molecule has 0 radical (unpaired) electrons. The van der Waals surface area contributed by atoms with E-state index >= 15 is 0 Å². The number of furan rings is 1. The average Bonchev–Trinajstić information content (AvgIpc) is 3.10. The fourth-order valence-corrected chi connectivity index (χ4v) is 2.40. The van der Waals surface area contributed by atoms with E-state index in [2.05, 4.69) is 20.7 Å². The summed E-state index contributed by atoms with van der Waals surface area (Å²) in [5.41, 5.74) is 0. The van der Waals surface area contributed by atoms with Gasteiger partial charge in [0.2, 0.25) is 11.7 Å². The molecule has 0 bridgehead atoms. The molecule has 8 nitrogen and oxygen atoms in total. The van der Waals surface area contributed by atoms with E-state index in [1.165, 1.54) is 22.8 Å². The Balaban J connectivity index is 1.91. The molecule has 9 heteroatoms. The molecule has 2 aromatic heterocycles. The summed E-state index contributed by atoms with van der Waals surface area (Å²) in [5, 5.41) is 23.6. The SMILES string of the molecule is CSC(CO)C(C)NC(=O)Cn1nnc(-c2ccco2)n1. The molecule has 2 unspecified atom stereocenters. The second-order valence-electron chi connectivity index (χ2n) is 4.43. The third-order valence-corrected chi connectivity index (χ3v) is 4.07. The molecular weight excluding hydrogens is 294 g/mol. The van der Waals surface area contributed by atoms with Crippen LogP contribution < -0.4 is 5.32 Å². The van der Waals surface area contributed by atoms with Gasteiger partial charge in [-0.05, 0) is 30.5 Å². The Hall–Kier alpha value is -1.87. The average molecular weight is 311 g/mol. The second kappa shape index (κ2) is 7.23. The zero-order chi connectivity index (χ0) is 15.2. The Morgan fingerprint density at radius 2 is 2.43 bits per heavy atom. The topological polar surface area (TPSA) is 106 Å². The van der Waals surface area contributed by atoms with Gasteiger partial charge in [0.05, 0.1) is 12.9 Å². The van der Waals surface area contributed by atoms with Crippen LogP contribution >= 0.6 is 11.8 Å². The minimum absolute atomic E-state index is 0.00678. The van der Waals surface area contributed by atoms with Crippen molar-refractivity contribution in [2.45, 2.75) is 24.8 Å². The minimum Gasteiger partial charge on any atom is -0.461 e. The van der Waals surface area contributed by atoms with Crippen LogP contribution in [0.2, 0.25) is 0 Å². The third-order valence-electron chi connectivity index (χ3n) is 2.91. The number of hydrogen-bond acceptors (Lipinski definition) is 7. The lowest BCUT2D eigenvalue weighted by Crippen LogP contribution is -2.42. The predicted octanol–water partition coefficient (Wildman–Crippen LogP) is 0.162. The number of hydrogen-bond donors (Lipinski definition) is 2. The summed E-state index contributed by atoms with van der Waals surface area (Å²) >= 11 is 1.50. The number of amides is 1. The Labute approximate surface area is 125 Å². The van der Waals surface area contributed by atoms with Crippen LogP contribution in [0, 0.1) is 0 Å². The van der Waals surface area contributed by atoms with Crippen LogP contribution in [0.3, 0.4) is 0 Å². The summed E-state index contributed by atoms with van der Waals surface area (Å²) in [7, 11) is 0. The molecule has 2 aromatic rings. The number of nitrogens with zero attached hydrogens (tertiary/aromatic N) is 4. The smallest absolute Gasteiger partial charge is 0.243 e. The summed E-state index contributed by atoms with van der Waals surface area (Å²) < 4.78 is 5.15. The minimum atomic E-state index is -0.238. The van der Waals surface area contributed by atoms with Crippen molar-refractivity contribution in [2.24, 2.45) is 0 Å². The van der Waals surface area contributed by atoms with Crippen LogP contribution in [-0.4, -0.2) is 55.4 Å². The van der Waals surface area contributed by atoms with E-state index in [1.807, 2.05) is 13.2 Å². The molecule has 1 amide bonds. The Morgan fingerprint density at radius 1 is 1.62 bits per heavy atom. The number of aliphatic hydroxyl groups excluding tert-OH is 1. The van der Waals surface area contributed by atoms with Gasteiger partial charge in [-0.1, -0.05) is 0 Å². The lowest BCUT2D eigenvalue weighted by atomic mass is 10.2. The molecule has 21 heavy (non-hydrogen) atoms. The van der Waals surface area contributed by atoms with Crippen molar-refractivity contribution in [1.29, 1.82) is 0 Å². The fraction of sp³-hybridized carbons (Fsp3) is 0.500. The first-order chi connectivity index (χ1) is 10.1. The number of thioether (sulfide) groups is 1. The number of aliphatic hydroxyl groups is 1. The predicted molar refractivity (Wildman–Crippen MR) is 77.5 cm³/mol. The molecule has 0 aliphatic carbocycles. The van der Waals surface area contributed by atoms with Gasteiger partial charge in [-0.15, -0.1) is 10.2 Å². The molecule has 2 atom stereocenters. The summed E-state index contributed by atoms with van der Waals surface area (Å²) in [4.78, 5) is 13.1. The van der Waals surface area contributed by atoms with Crippen LogP contribution in [0.15, 0.2) is 22.8 Å². The van der Waals surface area contributed by atoms with Gasteiger partial charge < -0.3 is 14.8 Å². The van der Waals surface area contributed by atoms with Crippen LogP contribution in [0.1, 0.15) is 6.92 Å². The number of carbonyl (C=O) groups is 1. The lowest BCUT2D eigenvalue weighted by molar-refractivity contribution is -0.122. The quantitative estimate of drug-likeness (QED) is 0.750. The molecule has 0 aliphatic heterocycles. The zero-order valence-corrected chi connectivity index (χ0v) is 12.6. The summed E-state index contributed by atoms with van der Waals surface area (Å²) in [6, 6.07) is 3.29. The molecule has 2 N–H and O–H groups in total. The van der Waals surface area contributed by atoms with Crippen molar-refractivity contribution in [2.75, 3.05) is 12.9 Å². The summed E-state index contributed by atoms with van der Waals surface area (Å²) in [6.07, 6.45) is 3.40. The van der Waals surface area contributed by atoms with Crippen LogP contribution in [0.25, 0.3) is 11.6 Å². The molecule has 0 aromatic carbocycles. The molecule has 0 saturated carbocycles. The van der Waals surface area contributed by atoms with Gasteiger partial charge in [0.1, 0.15) is 6.54 Å². The first-order valence-corrected chi connectivity index (χ1v) is 7.67. The van der Waals surface area contributed by atoms with Crippen LogP contribution in [0.5, 0.6) is 0 Å². The standard InChI is InChI=1S/C12H17N5O3S/c1-8(10(7-18)21-2)13-11(19)6-17-15-12(14-16-17)9-4-3-5-20-9/h3-5,8,10,18H,6-7H2,1-2H3,(H,13,19). The first kappa shape index (κ1) is 15.5. The number of rotatable bonds is 7. The monoisotopic (exact) mass is 311 g/mol. The number of aromatic nitrogens is 4. The highest BCUT2D eigenvalue weighted by Crippen LogP contribution is 2.13. The van der Waals surface area contributed by atoms with Crippen molar-refractivity contribution in [1.82, 2.24) is 25.5 Å². The van der Waals surface area contributed by atoms with E-state index in [0.29, 0.717) is 11.6 Å². The highest BCUT2D eigenvalue weighted by molar-refractivity contribution is 7.99. The molecule has 0 aliphatic rings. The van der Waals surface area contributed by atoms with Gasteiger partial charge in [0.15, 0.2) is 5.76 Å². The van der Waals surface area contributed by atoms with Crippen molar-refractivity contribution < 1.29 is 14.3 Å². The van der Waals surface area contributed by atoms with Gasteiger partial charge in [-0.3, -0.25) is 4.79 Å². The Kier molecular flexibility index (Phi) is 5.34. The van der Waals surface area contributed by atoms with Crippen molar-refractivity contribution in [3.8, 4) is 11.6 Å². The molecule has 0 fully saturated rings. The summed E-state index contributed by atoms with van der Waals surface area (Å²) in [5.74, 6) is 0.592. The molecule has 2 heterocycles. The fourth-order valence-electron chi connectivity index (χ4n) is 1.77. The lowest BCUT2D eigenvalue weighted by Gasteiger charge is -2.20. The summed E-state index contributed by atoms with van der Waals surface area (Å²) in [6.45, 7) is 1.82. The van der Waals surface area contributed by atoms with Crippen molar-refractivity contribution in [3.05, 3.63) is 18.4 Å². The maximum Gasteiger partial charge on any atom is 0.243 e. The van der Waals surface area contributed by atoms with Crippen LogP contribution in [0.4, 0.5) is 0 Å². The van der Waals surface area contributed by atoms with Gasteiger partial charge in [-0.25, -0.2) is 0 Å². The highest BCUT2D eigenvalue weighted by atomic mass is 32.2. The number of tetrazole rings is 1. The van der Waals surface area contributed by atoms with E-state index in [1.54, 1.807) is 12.1 Å². The number of carbonyl (C=O) groups excluding carboxylic acids is 1. The maximum atomic E-state index is 11.9. The van der Waals surface area contributed by atoms with Gasteiger partial charge in [0, 0.05) is 11.3 Å². The Bertz CT molecular complexity index is 567. The van der Waals surface area contributed by atoms with Crippen molar-refractivity contribution >= 4 is 17.7 Å². The van der Waals surface area contributed by atoms with E-state index in [9.17, 15) is 9.90 Å². The molecule has 2 rings (SSSR count). The molecule has 0 spiro atoms. The zero-order valence-electron chi connectivity index (χ0n) is 11.8. The molecule has 0 saturated heterocycles. The van der Waals surface area contributed by atoms with Gasteiger partial charge >= 0.3 is 0 Å². The highest BCUT2D eigenvalue weighted by Gasteiger charge is 2.18. The first-order valence-electron chi connectivity index (χ1n) is 6.38.